The second-order valence-corrected chi connectivity index (χ2v) is 4.96. The summed E-state index contributed by atoms with van der Waals surface area (Å²) in [4.78, 5) is 11.6. The minimum Gasteiger partial charge on any atom is -0.465 e. The lowest BCUT2D eigenvalue weighted by Gasteiger charge is -2.24. The summed E-state index contributed by atoms with van der Waals surface area (Å²) in [7, 11) is 0. The Morgan fingerprint density at radius 2 is 2.38 bits per heavy atom. The van der Waals surface area contributed by atoms with Crippen molar-refractivity contribution in [3.8, 4) is 0 Å². The van der Waals surface area contributed by atoms with Crippen molar-refractivity contribution in [3.05, 3.63) is 0 Å². The molecule has 0 saturated carbocycles. The zero-order valence-corrected chi connectivity index (χ0v) is 9.56. The predicted molar refractivity (Wildman–Crippen MR) is 55.9 cm³/mol. The molecule has 5 unspecified atom stereocenters. The van der Waals surface area contributed by atoms with Gasteiger partial charge >= 0.3 is 5.97 Å². The molecule has 0 spiro atoms. The molecular formula is C12H18O4. The summed E-state index contributed by atoms with van der Waals surface area (Å²) >= 11 is 0. The van der Waals surface area contributed by atoms with Crippen LogP contribution in [0.3, 0.4) is 0 Å². The second kappa shape index (κ2) is 4.00. The van der Waals surface area contributed by atoms with E-state index < -0.39 is 0 Å². The lowest BCUT2D eigenvalue weighted by atomic mass is 9.80. The van der Waals surface area contributed by atoms with Crippen LogP contribution in [-0.4, -0.2) is 37.5 Å². The molecule has 90 valence electrons. The van der Waals surface area contributed by atoms with Gasteiger partial charge in [-0.1, -0.05) is 13.3 Å². The highest BCUT2D eigenvalue weighted by molar-refractivity contribution is 5.76. The number of unbranched alkanes of at least 4 members (excludes halogenated alkanes) is 1. The number of ether oxygens (including phenoxy) is 3. The zero-order valence-electron chi connectivity index (χ0n) is 9.56. The van der Waals surface area contributed by atoms with Crippen LogP contribution in [0.5, 0.6) is 0 Å². The van der Waals surface area contributed by atoms with Crippen LogP contribution in [0.15, 0.2) is 0 Å². The molecule has 16 heavy (non-hydrogen) atoms. The molecule has 0 aliphatic carbocycles. The van der Waals surface area contributed by atoms with Gasteiger partial charge in [0.25, 0.3) is 0 Å². The first kappa shape index (κ1) is 10.5. The Morgan fingerprint density at radius 3 is 3.19 bits per heavy atom. The molecule has 0 aromatic carbocycles. The first-order chi connectivity index (χ1) is 7.81. The molecule has 3 aliphatic heterocycles. The van der Waals surface area contributed by atoms with Gasteiger partial charge in [-0.3, -0.25) is 4.79 Å². The molecule has 3 heterocycles. The van der Waals surface area contributed by atoms with Crippen molar-refractivity contribution in [3.63, 3.8) is 0 Å². The van der Waals surface area contributed by atoms with Crippen molar-refractivity contribution < 1.29 is 19.0 Å². The van der Waals surface area contributed by atoms with Crippen LogP contribution in [-0.2, 0) is 19.0 Å². The first-order valence-corrected chi connectivity index (χ1v) is 6.25. The predicted octanol–water partition coefficient (Wildman–Crippen LogP) is 1.13. The molecular weight excluding hydrogens is 208 g/mol. The molecule has 3 fully saturated rings. The van der Waals surface area contributed by atoms with E-state index in [1.54, 1.807) is 0 Å². The Morgan fingerprint density at radius 1 is 1.50 bits per heavy atom. The SMILES string of the molecule is CCCCOC1CC2OC1C1C(=O)OCC21. The maximum Gasteiger partial charge on any atom is 0.312 e. The molecule has 4 heteroatoms. The molecule has 3 saturated heterocycles. The highest BCUT2D eigenvalue weighted by Gasteiger charge is 2.61. The Balaban J connectivity index is 1.62. The standard InChI is InChI=1S/C12H18O4/c1-2-3-4-14-9-5-8-7-6-15-12(13)10(7)11(9)16-8/h7-11H,2-6H2,1H3. The molecule has 0 N–H and O–H groups in total. The quantitative estimate of drug-likeness (QED) is 0.532. The van der Waals surface area contributed by atoms with Gasteiger partial charge in [0, 0.05) is 18.9 Å². The Hall–Kier alpha value is -0.610. The van der Waals surface area contributed by atoms with Crippen molar-refractivity contribution >= 4 is 5.97 Å². The van der Waals surface area contributed by atoms with Crippen molar-refractivity contribution in [2.24, 2.45) is 11.8 Å². The monoisotopic (exact) mass is 226 g/mol. The number of hydrogen-bond acceptors (Lipinski definition) is 4. The number of hydrogen-bond donors (Lipinski definition) is 0. The molecule has 0 radical (unpaired) electrons. The molecule has 2 bridgehead atoms. The third kappa shape index (κ3) is 1.47. The minimum atomic E-state index is -0.0821. The number of carbonyl (C=O) groups excluding carboxylic acids is 1. The van der Waals surface area contributed by atoms with Gasteiger partial charge in [-0.2, -0.15) is 0 Å². The molecule has 0 amide bonds. The van der Waals surface area contributed by atoms with E-state index in [-0.39, 0.29) is 30.2 Å². The number of esters is 1. The summed E-state index contributed by atoms with van der Waals surface area (Å²) in [5, 5.41) is 0. The third-order valence-corrected chi connectivity index (χ3v) is 3.98. The van der Waals surface area contributed by atoms with Crippen LogP contribution in [0, 0.1) is 11.8 Å². The molecule has 3 rings (SSSR count). The van der Waals surface area contributed by atoms with Gasteiger partial charge in [0.05, 0.1) is 30.8 Å². The minimum absolute atomic E-state index is 0.0399. The molecule has 0 aromatic rings. The fourth-order valence-electron chi connectivity index (χ4n) is 3.11. The number of rotatable bonds is 4. The van der Waals surface area contributed by atoms with Gasteiger partial charge < -0.3 is 14.2 Å². The molecule has 3 aliphatic rings. The Labute approximate surface area is 95.2 Å². The van der Waals surface area contributed by atoms with E-state index in [1.807, 2.05) is 0 Å². The summed E-state index contributed by atoms with van der Waals surface area (Å²) in [5.41, 5.74) is 0. The van der Waals surface area contributed by atoms with Gasteiger partial charge in [0.1, 0.15) is 0 Å². The normalized spacial score (nSPS) is 44.8. The van der Waals surface area contributed by atoms with Crippen LogP contribution >= 0.6 is 0 Å². The van der Waals surface area contributed by atoms with Crippen molar-refractivity contribution in [2.75, 3.05) is 13.2 Å². The first-order valence-electron chi connectivity index (χ1n) is 6.25. The number of fused-ring (bicyclic) bond motifs is 5. The van der Waals surface area contributed by atoms with E-state index >= 15 is 0 Å². The average molecular weight is 226 g/mol. The van der Waals surface area contributed by atoms with E-state index in [0.29, 0.717) is 12.5 Å². The second-order valence-electron chi connectivity index (χ2n) is 4.96. The van der Waals surface area contributed by atoms with Crippen LogP contribution in [0.25, 0.3) is 0 Å². The van der Waals surface area contributed by atoms with Gasteiger partial charge in [0.15, 0.2) is 0 Å². The van der Waals surface area contributed by atoms with E-state index in [4.69, 9.17) is 14.2 Å². The zero-order chi connectivity index (χ0) is 11.1. The van der Waals surface area contributed by atoms with Crippen molar-refractivity contribution in [1.29, 1.82) is 0 Å². The average Bonchev–Trinajstić information content (AvgIpc) is 2.91. The fourth-order valence-corrected chi connectivity index (χ4v) is 3.11. The lowest BCUT2D eigenvalue weighted by molar-refractivity contribution is -0.145. The molecule has 5 atom stereocenters. The van der Waals surface area contributed by atoms with Gasteiger partial charge in [-0.05, 0) is 6.42 Å². The number of carbonyl (C=O) groups is 1. The van der Waals surface area contributed by atoms with Gasteiger partial charge in [-0.25, -0.2) is 0 Å². The van der Waals surface area contributed by atoms with E-state index in [0.717, 1.165) is 25.9 Å². The summed E-state index contributed by atoms with van der Waals surface area (Å²) in [6.07, 6.45) is 3.41. The smallest absolute Gasteiger partial charge is 0.312 e. The van der Waals surface area contributed by atoms with E-state index in [1.165, 1.54) is 0 Å². The summed E-state index contributed by atoms with van der Waals surface area (Å²) in [5.74, 6) is 0.162. The summed E-state index contributed by atoms with van der Waals surface area (Å²) in [6.45, 7) is 3.47. The van der Waals surface area contributed by atoms with Gasteiger partial charge in [0.2, 0.25) is 0 Å². The topological polar surface area (TPSA) is 44.8 Å². The van der Waals surface area contributed by atoms with E-state index in [2.05, 4.69) is 6.92 Å². The maximum absolute atomic E-state index is 11.6. The third-order valence-electron chi connectivity index (χ3n) is 3.98. The highest BCUT2D eigenvalue weighted by Crippen LogP contribution is 2.48. The summed E-state index contributed by atoms with van der Waals surface area (Å²) < 4.78 is 16.7. The summed E-state index contributed by atoms with van der Waals surface area (Å²) in [6, 6.07) is 0. The fraction of sp³-hybridized carbons (Fsp3) is 0.917. The largest absolute Gasteiger partial charge is 0.465 e. The molecule has 4 nitrogen and oxygen atoms in total. The van der Waals surface area contributed by atoms with Crippen LogP contribution in [0.4, 0.5) is 0 Å². The van der Waals surface area contributed by atoms with Crippen molar-refractivity contribution in [2.45, 2.75) is 44.5 Å². The van der Waals surface area contributed by atoms with Crippen LogP contribution in [0.2, 0.25) is 0 Å². The van der Waals surface area contributed by atoms with Crippen LogP contribution in [0.1, 0.15) is 26.2 Å². The van der Waals surface area contributed by atoms with Crippen molar-refractivity contribution in [1.82, 2.24) is 0 Å². The Bertz CT molecular complexity index is 291. The Kier molecular flexibility index (Phi) is 2.64. The molecule has 0 aromatic heterocycles. The van der Waals surface area contributed by atoms with E-state index in [9.17, 15) is 4.79 Å². The van der Waals surface area contributed by atoms with Crippen LogP contribution < -0.4 is 0 Å². The maximum atomic E-state index is 11.6. The lowest BCUT2D eigenvalue weighted by Crippen LogP contribution is -2.39. The number of cyclic esters (lactones) is 1. The van der Waals surface area contributed by atoms with Gasteiger partial charge in [-0.15, -0.1) is 0 Å². The highest BCUT2D eigenvalue weighted by atomic mass is 16.6.